The van der Waals surface area contributed by atoms with Crippen molar-refractivity contribution in [1.29, 1.82) is 0 Å². The van der Waals surface area contributed by atoms with E-state index >= 15 is 0 Å². The van der Waals surface area contributed by atoms with E-state index in [1.807, 2.05) is 0 Å². The van der Waals surface area contributed by atoms with Gasteiger partial charge in [0.15, 0.2) is 0 Å². The first-order valence-corrected chi connectivity index (χ1v) is 8.35. The van der Waals surface area contributed by atoms with Gasteiger partial charge in [-0.2, -0.15) is 4.31 Å². The molecule has 1 fully saturated rings. The van der Waals surface area contributed by atoms with Crippen LogP contribution < -0.4 is 10.9 Å². The number of hydrogen-bond acceptors (Lipinski definition) is 4. The van der Waals surface area contributed by atoms with Gasteiger partial charge in [0.1, 0.15) is 0 Å². The molecule has 116 valence electrons. The molecule has 0 atom stereocenters. The Kier molecular flexibility index (Phi) is 4.79. The number of H-pyrrole nitrogens is 1. The van der Waals surface area contributed by atoms with Crippen molar-refractivity contribution in [2.24, 2.45) is 0 Å². The van der Waals surface area contributed by atoms with Crippen LogP contribution in [0.2, 0.25) is 0 Å². The summed E-state index contributed by atoms with van der Waals surface area (Å²) in [6.45, 7) is 2.50. The molecule has 0 bridgehead atoms. The SMILES string of the molecule is CCC(=O)NC1CCN(S(=O)(=O)c2ccc(=O)[nH]c2)CC1. The largest absolute Gasteiger partial charge is 0.353 e. The van der Waals surface area contributed by atoms with Gasteiger partial charge in [0.25, 0.3) is 0 Å². The molecule has 1 amide bonds. The van der Waals surface area contributed by atoms with E-state index < -0.39 is 10.0 Å². The van der Waals surface area contributed by atoms with Crippen LogP contribution in [-0.2, 0) is 14.8 Å². The Balaban J connectivity index is 2.02. The highest BCUT2D eigenvalue weighted by atomic mass is 32.2. The van der Waals surface area contributed by atoms with Gasteiger partial charge < -0.3 is 10.3 Å². The second-order valence-electron chi connectivity index (χ2n) is 4.99. The number of carbonyl (C=O) groups excluding carboxylic acids is 1. The van der Waals surface area contributed by atoms with Crippen LogP contribution in [0, 0.1) is 0 Å². The first kappa shape index (κ1) is 15.7. The van der Waals surface area contributed by atoms with Crippen molar-refractivity contribution in [3.8, 4) is 0 Å². The number of nitrogens with one attached hydrogen (secondary N) is 2. The quantitative estimate of drug-likeness (QED) is 0.820. The Labute approximate surface area is 123 Å². The number of hydrogen-bond donors (Lipinski definition) is 2. The topological polar surface area (TPSA) is 99.3 Å². The normalized spacial score (nSPS) is 17.6. The average Bonchev–Trinajstić information content (AvgIpc) is 2.48. The van der Waals surface area contributed by atoms with E-state index in [0.29, 0.717) is 32.4 Å². The molecule has 2 rings (SSSR count). The van der Waals surface area contributed by atoms with Gasteiger partial charge in [-0.25, -0.2) is 8.42 Å². The lowest BCUT2D eigenvalue weighted by Crippen LogP contribution is -2.46. The molecule has 0 unspecified atom stereocenters. The first-order chi connectivity index (χ1) is 9.93. The standard InChI is InChI=1S/C13H19N3O4S/c1-2-12(17)15-10-5-7-16(8-6-10)21(19,20)11-3-4-13(18)14-9-11/h3-4,9-10H,2,5-8H2,1H3,(H,14,18)(H,15,17). The maximum Gasteiger partial charge on any atom is 0.247 e. The molecule has 1 saturated heterocycles. The minimum atomic E-state index is -3.59. The molecule has 1 aliphatic rings. The number of rotatable bonds is 4. The third kappa shape index (κ3) is 3.70. The third-order valence-corrected chi connectivity index (χ3v) is 5.43. The fraction of sp³-hybridized carbons (Fsp3) is 0.538. The number of sulfonamides is 1. The van der Waals surface area contributed by atoms with E-state index in [4.69, 9.17) is 0 Å². The van der Waals surface area contributed by atoms with Crippen molar-refractivity contribution in [1.82, 2.24) is 14.6 Å². The molecule has 7 nitrogen and oxygen atoms in total. The zero-order chi connectivity index (χ0) is 15.5. The molecule has 1 aliphatic heterocycles. The Morgan fingerprint density at radius 2 is 2.05 bits per heavy atom. The fourth-order valence-electron chi connectivity index (χ4n) is 2.28. The van der Waals surface area contributed by atoms with Crippen LogP contribution in [0.25, 0.3) is 0 Å². The molecule has 0 aliphatic carbocycles. The van der Waals surface area contributed by atoms with Crippen LogP contribution in [-0.4, -0.2) is 42.7 Å². The van der Waals surface area contributed by atoms with E-state index in [9.17, 15) is 18.0 Å². The lowest BCUT2D eigenvalue weighted by atomic mass is 10.1. The maximum absolute atomic E-state index is 12.4. The van der Waals surface area contributed by atoms with Gasteiger partial charge in [-0.3, -0.25) is 9.59 Å². The lowest BCUT2D eigenvalue weighted by Gasteiger charge is -2.31. The summed E-state index contributed by atoms with van der Waals surface area (Å²) in [4.78, 5) is 24.8. The molecule has 21 heavy (non-hydrogen) atoms. The number of amides is 1. The highest BCUT2D eigenvalue weighted by molar-refractivity contribution is 7.89. The summed E-state index contributed by atoms with van der Waals surface area (Å²) in [5, 5.41) is 2.88. The summed E-state index contributed by atoms with van der Waals surface area (Å²) >= 11 is 0. The second-order valence-corrected chi connectivity index (χ2v) is 6.93. The van der Waals surface area contributed by atoms with Crippen molar-refractivity contribution in [2.75, 3.05) is 13.1 Å². The van der Waals surface area contributed by atoms with Gasteiger partial charge in [-0.15, -0.1) is 0 Å². The monoisotopic (exact) mass is 313 g/mol. The van der Waals surface area contributed by atoms with Crippen molar-refractivity contribution >= 4 is 15.9 Å². The highest BCUT2D eigenvalue weighted by Crippen LogP contribution is 2.19. The van der Waals surface area contributed by atoms with E-state index in [1.165, 1.54) is 22.6 Å². The van der Waals surface area contributed by atoms with Crippen LogP contribution in [0.5, 0.6) is 0 Å². The second kappa shape index (κ2) is 6.40. The molecule has 0 saturated carbocycles. The zero-order valence-electron chi connectivity index (χ0n) is 11.8. The number of pyridine rings is 1. The zero-order valence-corrected chi connectivity index (χ0v) is 12.6. The van der Waals surface area contributed by atoms with E-state index in [0.717, 1.165) is 0 Å². The molecule has 1 aromatic heterocycles. The van der Waals surface area contributed by atoms with Gasteiger partial charge in [-0.1, -0.05) is 6.92 Å². The average molecular weight is 313 g/mol. The first-order valence-electron chi connectivity index (χ1n) is 6.91. The number of nitrogens with zero attached hydrogens (tertiary/aromatic N) is 1. The highest BCUT2D eigenvalue weighted by Gasteiger charge is 2.29. The molecule has 1 aromatic rings. The molecule has 2 heterocycles. The molecule has 0 radical (unpaired) electrons. The molecule has 2 N–H and O–H groups in total. The predicted molar refractivity (Wildman–Crippen MR) is 77.3 cm³/mol. The lowest BCUT2D eigenvalue weighted by molar-refractivity contribution is -0.121. The van der Waals surface area contributed by atoms with Crippen molar-refractivity contribution in [3.63, 3.8) is 0 Å². The number of carbonyl (C=O) groups is 1. The molecule has 8 heteroatoms. The molecule has 0 spiro atoms. The minimum absolute atomic E-state index is 0.0167. The van der Waals surface area contributed by atoms with Crippen LogP contribution >= 0.6 is 0 Å². The number of piperidine rings is 1. The summed E-state index contributed by atoms with van der Waals surface area (Å²) in [6, 6.07) is 2.53. The third-order valence-electron chi connectivity index (χ3n) is 3.53. The summed E-state index contributed by atoms with van der Waals surface area (Å²) in [5.41, 5.74) is -0.338. The molecule has 0 aromatic carbocycles. The van der Waals surface area contributed by atoms with Gasteiger partial charge in [0, 0.05) is 37.8 Å². The van der Waals surface area contributed by atoms with Crippen LogP contribution in [0.4, 0.5) is 0 Å². The minimum Gasteiger partial charge on any atom is -0.353 e. The van der Waals surface area contributed by atoms with E-state index in [2.05, 4.69) is 10.3 Å². The van der Waals surface area contributed by atoms with Crippen LogP contribution in [0.3, 0.4) is 0 Å². The van der Waals surface area contributed by atoms with Crippen molar-refractivity contribution in [2.45, 2.75) is 37.1 Å². The Morgan fingerprint density at radius 3 is 2.57 bits per heavy atom. The van der Waals surface area contributed by atoms with Gasteiger partial charge in [0.2, 0.25) is 21.5 Å². The summed E-state index contributed by atoms with van der Waals surface area (Å²) in [5.74, 6) is -0.0167. The van der Waals surface area contributed by atoms with E-state index in [-0.39, 0.29) is 22.4 Å². The smallest absolute Gasteiger partial charge is 0.247 e. The van der Waals surface area contributed by atoms with Gasteiger partial charge >= 0.3 is 0 Å². The van der Waals surface area contributed by atoms with Gasteiger partial charge in [0.05, 0.1) is 4.90 Å². The van der Waals surface area contributed by atoms with Crippen LogP contribution in [0.15, 0.2) is 28.0 Å². The van der Waals surface area contributed by atoms with Gasteiger partial charge in [-0.05, 0) is 18.9 Å². The maximum atomic E-state index is 12.4. The summed E-state index contributed by atoms with van der Waals surface area (Å²) in [7, 11) is -3.59. The number of aromatic amines is 1. The van der Waals surface area contributed by atoms with Crippen molar-refractivity contribution < 1.29 is 13.2 Å². The van der Waals surface area contributed by atoms with E-state index in [1.54, 1.807) is 6.92 Å². The molecular formula is C13H19N3O4S. The van der Waals surface area contributed by atoms with Crippen LogP contribution in [0.1, 0.15) is 26.2 Å². The fourth-order valence-corrected chi connectivity index (χ4v) is 3.71. The van der Waals surface area contributed by atoms with Crippen molar-refractivity contribution in [3.05, 3.63) is 28.7 Å². The number of aromatic nitrogens is 1. The summed E-state index contributed by atoms with van der Waals surface area (Å²) in [6.07, 6.45) is 2.82. The Hall–Kier alpha value is -1.67. The Morgan fingerprint density at radius 1 is 1.38 bits per heavy atom. The summed E-state index contributed by atoms with van der Waals surface area (Å²) < 4.78 is 26.2. The Bertz CT molecular complexity index is 640. The predicted octanol–water partition coefficient (Wildman–Crippen LogP) is 0.0542. The molecular weight excluding hydrogens is 294 g/mol.